The molecule has 0 spiro atoms. The Labute approximate surface area is 173 Å². The molecular formula is C22H28N2O4S. The minimum Gasteiger partial charge on any atom is -0.481 e. The molecule has 6 nitrogen and oxygen atoms in total. The van der Waals surface area contributed by atoms with Crippen LogP contribution in [0.1, 0.15) is 30.9 Å². The zero-order chi connectivity index (χ0) is 21.2. The molecule has 2 aromatic carbocycles. The first-order chi connectivity index (χ1) is 13.7. The summed E-state index contributed by atoms with van der Waals surface area (Å²) in [6.45, 7) is 7.15. The Morgan fingerprint density at radius 3 is 2.24 bits per heavy atom. The van der Waals surface area contributed by atoms with Crippen LogP contribution in [0.2, 0.25) is 0 Å². The molecule has 1 fully saturated rings. The maximum Gasteiger partial charge on any atom is 0.264 e. The van der Waals surface area contributed by atoms with E-state index in [0.29, 0.717) is 11.4 Å². The van der Waals surface area contributed by atoms with E-state index < -0.39 is 16.1 Å². The van der Waals surface area contributed by atoms with Gasteiger partial charge in [0.2, 0.25) is 0 Å². The van der Waals surface area contributed by atoms with Crippen molar-refractivity contribution >= 4 is 21.6 Å². The summed E-state index contributed by atoms with van der Waals surface area (Å²) in [6, 6.07) is 11.9. The molecule has 29 heavy (non-hydrogen) atoms. The normalized spacial score (nSPS) is 15.2. The molecule has 1 aliphatic rings. The first-order valence-corrected chi connectivity index (χ1v) is 11.3. The van der Waals surface area contributed by atoms with E-state index >= 15 is 0 Å². The molecule has 3 rings (SSSR count). The highest BCUT2D eigenvalue weighted by Crippen LogP contribution is 2.26. The Kier molecular flexibility index (Phi) is 6.17. The second-order valence-electron chi connectivity index (χ2n) is 7.50. The van der Waals surface area contributed by atoms with Gasteiger partial charge in [0.25, 0.3) is 15.9 Å². The fraction of sp³-hybridized carbons (Fsp3) is 0.409. The molecule has 0 radical (unpaired) electrons. The van der Waals surface area contributed by atoms with Crippen molar-refractivity contribution in [1.29, 1.82) is 0 Å². The number of likely N-dealkylation sites (tertiary alicyclic amines) is 1. The van der Waals surface area contributed by atoms with Crippen LogP contribution in [0.4, 0.5) is 5.69 Å². The molecule has 0 bridgehead atoms. The Hall–Kier alpha value is -2.54. The first kappa shape index (κ1) is 21.2. The summed E-state index contributed by atoms with van der Waals surface area (Å²) in [5, 5.41) is 0. The molecule has 0 unspecified atom stereocenters. The summed E-state index contributed by atoms with van der Waals surface area (Å²) in [7, 11) is -2.13. The number of ether oxygens (including phenoxy) is 1. The number of hydrogen-bond donors (Lipinski definition) is 0. The number of rotatable bonds is 6. The van der Waals surface area contributed by atoms with Crippen molar-refractivity contribution in [2.75, 3.05) is 24.4 Å². The van der Waals surface area contributed by atoms with Gasteiger partial charge >= 0.3 is 0 Å². The van der Waals surface area contributed by atoms with Gasteiger partial charge in [-0.2, -0.15) is 0 Å². The summed E-state index contributed by atoms with van der Waals surface area (Å²) < 4.78 is 32.9. The molecule has 156 valence electrons. The van der Waals surface area contributed by atoms with Crippen LogP contribution in [0.5, 0.6) is 5.75 Å². The van der Waals surface area contributed by atoms with Gasteiger partial charge in [0.1, 0.15) is 5.75 Å². The average Bonchev–Trinajstić information content (AvgIpc) is 3.24. The maximum atomic E-state index is 12.9. The maximum absolute atomic E-state index is 12.9. The van der Waals surface area contributed by atoms with E-state index in [1.807, 2.05) is 24.8 Å². The van der Waals surface area contributed by atoms with Crippen LogP contribution in [0.15, 0.2) is 47.4 Å². The molecule has 0 saturated carbocycles. The van der Waals surface area contributed by atoms with Crippen molar-refractivity contribution in [1.82, 2.24) is 4.90 Å². The molecule has 1 amide bonds. The number of aryl methyl sites for hydroxylation is 2. The number of sulfonamides is 1. The van der Waals surface area contributed by atoms with Gasteiger partial charge in [-0.05, 0) is 81.1 Å². The summed E-state index contributed by atoms with van der Waals surface area (Å²) in [6.07, 6.45) is 1.50. The highest BCUT2D eigenvalue weighted by molar-refractivity contribution is 7.92. The minimum absolute atomic E-state index is 0.0130. The quantitative estimate of drug-likeness (QED) is 0.723. The van der Waals surface area contributed by atoms with Crippen molar-refractivity contribution in [3.05, 3.63) is 53.6 Å². The van der Waals surface area contributed by atoms with Gasteiger partial charge in [-0.15, -0.1) is 0 Å². The molecule has 0 N–H and O–H groups in total. The van der Waals surface area contributed by atoms with Crippen molar-refractivity contribution in [2.24, 2.45) is 0 Å². The molecular weight excluding hydrogens is 388 g/mol. The standard InChI is InChI=1S/C22H28N2O4S/c1-16-7-12-21(15-17(16)2)29(26,27)23(4)19-8-10-20(11-9-19)28-18(3)22(25)24-13-5-6-14-24/h7-12,15,18H,5-6,13-14H2,1-4H3/t18-/m1/s1. The van der Waals surface area contributed by atoms with Crippen molar-refractivity contribution in [2.45, 2.75) is 44.6 Å². The number of carbonyl (C=O) groups is 1. The van der Waals surface area contributed by atoms with Crippen LogP contribution >= 0.6 is 0 Å². The SMILES string of the molecule is Cc1ccc(S(=O)(=O)N(C)c2ccc(O[C@H](C)C(=O)N3CCCC3)cc2)cc1C. The lowest BCUT2D eigenvalue weighted by Gasteiger charge is -2.22. The largest absolute Gasteiger partial charge is 0.481 e. The van der Waals surface area contributed by atoms with E-state index in [0.717, 1.165) is 37.1 Å². The first-order valence-electron chi connectivity index (χ1n) is 9.82. The highest BCUT2D eigenvalue weighted by Gasteiger charge is 2.25. The molecule has 1 atom stereocenters. The third kappa shape index (κ3) is 4.56. The second kappa shape index (κ2) is 8.45. The molecule has 7 heteroatoms. The van der Waals surface area contributed by atoms with E-state index in [2.05, 4.69) is 0 Å². The molecule has 0 aliphatic carbocycles. The third-order valence-electron chi connectivity index (χ3n) is 5.42. The van der Waals surface area contributed by atoms with Gasteiger partial charge in [-0.25, -0.2) is 8.42 Å². The Balaban J connectivity index is 1.71. The fourth-order valence-electron chi connectivity index (χ4n) is 3.36. The van der Waals surface area contributed by atoms with E-state index in [9.17, 15) is 13.2 Å². The van der Waals surface area contributed by atoms with Gasteiger partial charge in [0, 0.05) is 20.1 Å². The lowest BCUT2D eigenvalue weighted by molar-refractivity contribution is -0.136. The summed E-state index contributed by atoms with van der Waals surface area (Å²) in [4.78, 5) is 14.5. The van der Waals surface area contributed by atoms with Crippen molar-refractivity contribution in [3.8, 4) is 5.75 Å². The smallest absolute Gasteiger partial charge is 0.264 e. The van der Waals surface area contributed by atoms with Crippen molar-refractivity contribution < 1.29 is 17.9 Å². The number of nitrogens with zero attached hydrogens (tertiary/aromatic N) is 2. The number of anilines is 1. The molecule has 1 heterocycles. The van der Waals surface area contributed by atoms with Gasteiger partial charge in [0.05, 0.1) is 10.6 Å². The summed E-state index contributed by atoms with van der Waals surface area (Å²) in [5.41, 5.74) is 2.50. The van der Waals surface area contributed by atoms with Crippen LogP contribution in [0.25, 0.3) is 0 Å². The number of benzene rings is 2. The Morgan fingerprint density at radius 1 is 1.03 bits per heavy atom. The minimum atomic E-state index is -3.66. The van der Waals surface area contributed by atoms with Crippen LogP contribution in [-0.4, -0.2) is 45.5 Å². The zero-order valence-corrected chi connectivity index (χ0v) is 18.2. The second-order valence-corrected chi connectivity index (χ2v) is 9.47. The van der Waals surface area contributed by atoms with E-state index in [1.54, 1.807) is 43.3 Å². The topological polar surface area (TPSA) is 66.9 Å². The number of amides is 1. The molecule has 1 saturated heterocycles. The van der Waals surface area contributed by atoms with Gasteiger partial charge in [-0.3, -0.25) is 9.10 Å². The fourth-order valence-corrected chi connectivity index (χ4v) is 4.64. The average molecular weight is 417 g/mol. The molecule has 2 aromatic rings. The van der Waals surface area contributed by atoms with Crippen LogP contribution in [-0.2, 0) is 14.8 Å². The molecule has 0 aromatic heterocycles. The zero-order valence-electron chi connectivity index (χ0n) is 17.4. The predicted molar refractivity (Wildman–Crippen MR) is 114 cm³/mol. The van der Waals surface area contributed by atoms with E-state index in [4.69, 9.17) is 4.74 Å². The van der Waals surface area contributed by atoms with Gasteiger partial charge in [0.15, 0.2) is 6.10 Å². The van der Waals surface area contributed by atoms with Crippen LogP contribution in [0.3, 0.4) is 0 Å². The number of hydrogen-bond acceptors (Lipinski definition) is 4. The van der Waals surface area contributed by atoms with E-state index in [1.165, 1.54) is 11.4 Å². The third-order valence-corrected chi connectivity index (χ3v) is 7.20. The van der Waals surface area contributed by atoms with E-state index in [-0.39, 0.29) is 10.8 Å². The monoisotopic (exact) mass is 416 g/mol. The summed E-state index contributed by atoms with van der Waals surface area (Å²) >= 11 is 0. The van der Waals surface area contributed by atoms with Crippen LogP contribution in [0, 0.1) is 13.8 Å². The lowest BCUT2D eigenvalue weighted by Crippen LogP contribution is -2.38. The molecule has 1 aliphatic heterocycles. The van der Waals surface area contributed by atoms with Crippen LogP contribution < -0.4 is 9.04 Å². The van der Waals surface area contributed by atoms with Gasteiger partial charge < -0.3 is 9.64 Å². The van der Waals surface area contributed by atoms with Gasteiger partial charge in [-0.1, -0.05) is 6.07 Å². The number of carbonyl (C=O) groups excluding carboxylic acids is 1. The Morgan fingerprint density at radius 2 is 1.66 bits per heavy atom. The lowest BCUT2D eigenvalue weighted by atomic mass is 10.1. The highest BCUT2D eigenvalue weighted by atomic mass is 32.2. The Bertz CT molecular complexity index is 980. The van der Waals surface area contributed by atoms with Crippen molar-refractivity contribution in [3.63, 3.8) is 0 Å². The summed E-state index contributed by atoms with van der Waals surface area (Å²) in [5.74, 6) is 0.520. The predicted octanol–water partition coefficient (Wildman–Crippen LogP) is 3.52.